The number of carboxylic acid groups (broad SMARTS) is 1. The van der Waals surface area contributed by atoms with E-state index in [0.29, 0.717) is 5.92 Å². The van der Waals surface area contributed by atoms with Crippen molar-refractivity contribution < 1.29 is 14.6 Å². The summed E-state index contributed by atoms with van der Waals surface area (Å²) in [7, 11) is 1.63. The number of aryl methyl sites for hydroxylation is 1. The van der Waals surface area contributed by atoms with Crippen molar-refractivity contribution in [1.82, 2.24) is 4.57 Å². The quantitative estimate of drug-likeness (QED) is 0.942. The van der Waals surface area contributed by atoms with Gasteiger partial charge in [0.25, 0.3) is 0 Å². The van der Waals surface area contributed by atoms with Gasteiger partial charge in [0.1, 0.15) is 11.3 Å². The van der Waals surface area contributed by atoms with E-state index in [1.54, 1.807) is 7.11 Å². The van der Waals surface area contributed by atoms with Crippen LogP contribution in [0.1, 0.15) is 40.4 Å². The number of carbonyl (C=O) groups is 1. The van der Waals surface area contributed by atoms with Crippen molar-refractivity contribution in [2.24, 2.45) is 5.92 Å². The smallest absolute Gasteiger partial charge is 0.341 e. The van der Waals surface area contributed by atoms with Crippen LogP contribution in [0.2, 0.25) is 0 Å². The highest BCUT2D eigenvalue weighted by atomic mass is 16.5. The first-order valence-corrected chi connectivity index (χ1v) is 8.17. The number of aromatic nitrogens is 1. The molecule has 0 spiro atoms. The van der Waals surface area contributed by atoms with Crippen LogP contribution in [0.4, 0.5) is 0 Å². The lowest BCUT2D eigenvalue weighted by molar-refractivity contribution is 0.0694. The van der Waals surface area contributed by atoms with Gasteiger partial charge in [0.2, 0.25) is 0 Å². The molecule has 0 amide bonds. The molecule has 1 saturated carbocycles. The molecule has 1 aliphatic carbocycles. The summed E-state index contributed by atoms with van der Waals surface area (Å²) in [5.41, 5.74) is 3.42. The van der Waals surface area contributed by atoms with Gasteiger partial charge in [-0.05, 0) is 49.3 Å². The zero-order chi connectivity index (χ0) is 17.0. The van der Waals surface area contributed by atoms with Gasteiger partial charge in [0.15, 0.2) is 5.43 Å². The van der Waals surface area contributed by atoms with Crippen LogP contribution in [0.3, 0.4) is 0 Å². The zero-order valence-corrected chi connectivity index (χ0v) is 13.7. The highest BCUT2D eigenvalue weighted by molar-refractivity contribution is 5.87. The maximum atomic E-state index is 12.2. The fourth-order valence-corrected chi connectivity index (χ4v) is 3.77. The molecule has 1 atom stereocenters. The summed E-state index contributed by atoms with van der Waals surface area (Å²) in [5, 5.41) is 9.29. The number of nitrogens with zero attached hydrogens (tertiary/aromatic N) is 1. The molecule has 5 heteroatoms. The number of benzene rings is 1. The number of ether oxygens (including phenoxy) is 1. The fourth-order valence-electron chi connectivity index (χ4n) is 3.77. The summed E-state index contributed by atoms with van der Waals surface area (Å²) >= 11 is 0. The van der Waals surface area contributed by atoms with Crippen molar-refractivity contribution in [3.8, 4) is 17.0 Å². The van der Waals surface area contributed by atoms with Gasteiger partial charge in [-0.1, -0.05) is 6.07 Å². The van der Waals surface area contributed by atoms with Crippen LogP contribution in [0.25, 0.3) is 11.3 Å². The Kier molecular flexibility index (Phi) is 3.27. The van der Waals surface area contributed by atoms with E-state index in [0.717, 1.165) is 41.8 Å². The van der Waals surface area contributed by atoms with Crippen molar-refractivity contribution in [2.45, 2.75) is 32.2 Å². The normalized spacial score (nSPS) is 18.7. The Balaban J connectivity index is 1.98. The molecule has 2 aliphatic rings. The molecule has 1 aromatic carbocycles. The molecule has 124 valence electrons. The Morgan fingerprint density at radius 3 is 2.67 bits per heavy atom. The number of aromatic carboxylic acids is 1. The Morgan fingerprint density at radius 1 is 1.29 bits per heavy atom. The minimum Gasteiger partial charge on any atom is -0.496 e. The SMILES string of the molecule is COc1cc2c(cc1C)CC(C1CC1)n1cc(C(=O)O)c(=O)cc1-2. The van der Waals surface area contributed by atoms with E-state index in [-0.39, 0.29) is 11.6 Å². The van der Waals surface area contributed by atoms with Gasteiger partial charge in [-0.3, -0.25) is 4.79 Å². The number of pyridine rings is 1. The molecule has 1 aliphatic heterocycles. The lowest BCUT2D eigenvalue weighted by atomic mass is 9.88. The third-order valence-corrected chi connectivity index (χ3v) is 5.16. The molecule has 4 rings (SSSR count). The second-order valence-electron chi connectivity index (χ2n) is 6.74. The molecule has 1 N–H and O–H groups in total. The largest absolute Gasteiger partial charge is 0.496 e. The topological polar surface area (TPSA) is 68.5 Å². The molecule has 1 fully saturated rings. The monoisotopic (exact) mass is 325 g/mol. The predicted molar refractivity (Wildman–Crippen MR) is 89.9 cm³/mol. The number of methoxy groups -OCH3 is 1. The molecule has 1 aromatic heterocycles. The van der Waals surface area contributed by atoms with Crippen molar-refractivity contribution in [3.63, 3.8) is 0 Å². The average molecular weight is 325 g/mol. The number of fused-ring (bicyclic) bond motifs is 3. The standard InChI is InChI=1S/C19H19NO4/c1-10-5-12-6-15(11-3-4-11)20-9-14(19(22)23)17(21)8-16(20)13(12)7-18(10)24-2/h5,7-9,11,15H,3-4,6H2,1-2H3,(H,22,23). The van der Waals surface area contributed by atoms with Crippen LogP contribution in [0.15, 0.2) is 29.2 Å². The van der Waals surface area contributed by atoms with Gasteiger partial charge in [-0.2, -0.15) is 0 Å². The van der Waals surface area contributed by atoms with Crippen LogP contribution in [-0.2, 0) is 6.42 Å². The van der Waals surface area contributed by atoms with Gasteiger partial charge >= 0.3 is 5.97 Å². The molecule has 0 saturated heterocycles. The molecule has 0 bridgehead atoms. The third-order valence-electron chi connectivity index (χ3n) is 5.16. The van der Waals surface area contributed by atoms with Gasteiger partial charge in [0.05, 0.1) is 12.8 Å². The van der Waals surface area contributed by atoms with Crippen LogP contribution >= 0.6 is 0 Å². The minimum absolute atomic E-state index is 0.160. The van der Waals surface area contributed by atoms with Crippen LogP contribution in [-0.4, -0.2) is 22.8 Å². The molecular weight excluding hydrogens is 306 g/mol. The fraction of sp³-hybridized carbons (Fsp3) is 0.368. The zero-order valence-electron chi connectivity index (χ0n) is 13.7. The second kappa shape index (κ2) is 5.23. The number of hydrogen-bond acceptors (Lipinski definition) is 3. The van der Waals surface area contributed by atoms with E-state index in [2.05, 4.69) is 6.07 Å². The van der Waals surface area contributed by atoms with Crippen molar-refractivity contribution in [2.75, 3.05) is 7.11 Å². The Labute approximate surface area is 139 Å². The molecule has 2 heterocycles. The van der Waals surface area contributed by atoms with Crippen molar-refractivity contribution in [3.05, 3.63) is 51.3 Å². The molecule has 1 unspecified atom stereocenters. The lowest BCUT2D eigenvalue weighted by Crippen LogP contribution is -2.26. The van der Waals surface area contributed by atoms with E-state index in [1.165, 1.54) is 17.8 Å². The average Bonchev–Trinajstić information content (AvgIpc) is 3.37. The molecular formula is C19H19NO4. The van der Waals surface area contributed by atoms with Crippen LogP contribution in [0, 0.1) is 12.8 Å². The van der Waals surface area contributed by atoms with Gasteiger partial charge in [-0.25, -0.2) is 4.79 Å². The second-order valence-corrected chi connectivity index (χ2v) is 6.74. The minimum atomic E-state index is -1.17. The highest BCUT2D eigenvalue weighted by Crippen LogP contribution is 2.47. The van der Waals surface area contributed by atoms with Gasteiger partial charge in [-0.15, -0.1) is 0 Å². The number of carboxylic acids is 1. The van der Waals surface area contributed by atoms with Crippen molar-refractivity contribution in [1.29, 1.82) is 0 Å². The first-order chi connectivity index (χ1) is 11.5. The van der Waals surface area contributed by atoms with Crippen molar-refractivity contribution >= 4 is 5.97 Å². The Bertz CT molecular complexity index is 908. The first-order valence-electron chi connectivity index (χ1n) is 8.17. The maximum Gasteiger partial charge on any atom is 0.341 e. The van der Waals surface area contributed by atoms with Gasteiger partial charge < -0.3 is 14.4 Å². The van der Waals surface area contributed by atoms with Crippen LogP contribution < -0.4 is 10.2 Å². The van der Waals surface area contributed by atoms with E-state index < -0.39 is 11.4 Å². The third kappa shape index (κ3) is 2.23. The maximum absolute atomic E-state index is 12.2. The molecule has 24 heavy (non-hydrogen) atoms. The molecule has 2 aromatic rings. The van der Waals surface area contributed by atoms with E-state index in [1.807, 2.05) is 17.6 Å². The highest BCUT2D eigenvalue weighted by Gasteiger charge is 2.37. The van der Waals surface area contributed by atoms with E-state index in [4.69, 9.17) is 4.74 Å². The first kappa shape index (κ1) is 15.0. The predicted octanol–water partition coefficient (Wildman–Crippen LogP) is 3.04. The number of rotatable bonds is 3. The summed E-state index contributed by atoms with van der Waals surface area (Å²) in [6, 6.07) is 5.77. The molecule has 5 nitrogen and oxygen atoms in total. The summed E-state index contributed by atoms with van der Waals surface area (Å²) in [6.45, 7) is 2.01. The Hall–Kier alpha value is -2.56. The van der Waals surface area contributed by atoms with E-state index >= 15 is 0 Å². The summed E-state index contributed by atoms with van der Waals surface area (Å²) in [4.78, 5) is 23.6. The van der Waals surface area contributed by atoms with Crippen LogP contribution in [0.5, 0.6) is 5.75 Å². The summed E-state index contributed by atoms with van der Waals surface area (Å²) in [5.74, 6) is 0.167. The summed E-state index contributed by atoms with van der Waals surface area (Å²) < 4.78 is 7.42. The molecule has 0 radical (unpaired) electrons. The summed E-state index contributed by atoms with van der Waals surface area (Å²) in [6.07, 6.45) is 4.70. The Morgan fingerprint density at radius 2 is 2.04 bits per heavy atom. The lowest BCUT2D eigenvalue weighted by Gasteiger charge is -2.31. The number of hydrogen-bond donors (Lipinski definition) is 1. The van der Waals surface area contributed by atoms with Gasteiger partial charge in [0, 0.05) is 23.9 Å². The van der Waals surface area contributed by atoms with E-state index in [9.17, 15) is 14.7 Å².